The molecule has 0 bridgehead atoms. The van der Waals surface area contributed by atoms with Crippen molar-refractivity contribution < 1.29 is 4.79 Å². The minimum absolute atomic E-state index is 0.308. The molecule has 23 heavy (non-hydrogen) atoms. The molecule has 0 spiro atoms. The highest BCUT2D eigenvalue weighted by Gasteiger charge is 2.20. The van der Waals surface area contributed by atoms with Gasteiger partial charge in [0.05, 0.1) is 5.69 Å². The van der Waals surface area contributed by atoms with Crippen LogP contribution in [0, 0.1) is 0 Å². The Balaban J connectivity index is 1.35. The fourth-order valence-electron chi connectivity index (χ4n) is 3.22. The highest BCUT2D eigenvalue weighted by atomic mass is 16.2. The van der Waals surface area contributed by atoms with Crippen LogP contribution in [-0.2, 0) is 11.3 Å². The average molecular weight is 317 g/mol. The van der Waals surface area contributed by atoms with Crippen molar-refractivity contribution in [3.05, 3.63) is 30.1 Å². The van der Waals surface area contributed by atoms with Crippen LogP contribution >= 0.6 is 0 Å². The van der Waals surface area contributed by atoms with Crippen molar-refractivity contribution in [2.75, 3.05) is 58.9 Å². The lowest BCUT2D eigenvalue weighted by Gasteiger charge is -2.35. The molecule has 2 aliphatic heterocycles. The van der Waals surface area contributed by atoms with Gasteiger partial charge in [-0.3, -0.25) is 14.7 Å². The largest absolute Gasteiger partial charge is 0.340 e. The first-order chi connectivity index (χ1) is 11.3. The number of pyridine rings is 1. The van der Waals surface area contributed by atoms with Crippen LogP contribution in [0.25, 0.3) is 0 Å². The summed E-state index contributed by atoms with van der Waals surface area (Å²) in [5, 5.41) is 3.28. The highest BCUT2D eigenvalue weighted by molar-refractivity contribution is 5.76. The fourth-order valence-corrected chi connectivity index (χ4v) is 3.22. The molecule has 126 valence electrons. The number of hydrogen-bond donors (Lipinski definition) is 1. The second-order valence-corrected chi connectivity index (χ2v) is 6.32. The number of carbonyl (C=O) groups excluding carboxylic acids is 1. The van der Waals surface area contributed by atoms with E-state index in [-0.39, 0.29) is 0 Å². The Bertz CT molecular complexity index is 481. The number of carbonyl (C=O) groups is 1. The molecule has 0 aromatic carbocycles. The second-order valence-electron chi connectivity index (χ2n) is 6.32. The topological polar surface area (TPSA) is 51.7 Å². The number of aromatic nitrogens is 1. The van der Waals surface area contributed by atoms with E-state index in [1.54, 1.807) is 0 Å². The van der Waals surface area contributed by atoms with Crippen molar-refractivity contribution in [3.63, 3.8) is 0 Å². The molecule has 0 atom stereocenters. The summed E-state index contributed by atoms with van der Waals surface area (Å²) in [5.74, 6) is 0.308. The standard InChI is InChI=1S/C17H27N5O/c23-17(22-9-6-18-7-10-22)4-8-20-11-13-21(14-12-20)15-16-3-1-2-5-19-16/h1-3,5,18H,4,6-15H2. The van der Waals surface area contributed by atoms with Crippen LogP contribution < -0.4 is 5.32 Å². The Morgan fingerprint density at radius 3 is 2.48 bits per heavy atom. The molecule has 0 saturated carbocycles. The number of nitrogens with one attached hydrogen (secondary N) is 1. The van der Waals surface area contributed by atoms with Gasteiger partial charge in [-0.2, -0.15) is 0 Å². The monoisotopic (exact) mass is 317 g/mol. The van der Waals surface area contributed by atoms with Gasteiger partial charge in [0.25, 0.3) is 0 Å². The Morgan fingerprint density at radius 1 is 1.04 bits per heavy atom. The fraction of sp³-hybridized carbons (Fsp3) is 0.647. The van der Waals surface area contributed by atoms with E-state index in [9.17, 15) is 4.79 Å². The number of piperazine rings is 2. The third kappa shape index (κ3) is 4.99. The van der Waals surface area contributed by atoms with Crippen LogP contribution in [0.15, 0.2) is 24.4 Å². The normalized spacial score (nSPS) is 20.6. The molecule has 1 amide bonds. The molecular formula is C17H27N5O. The lowest BCUT2D eigenvalue weighted by Crippen LogP contribution is -2.49. The molecule has 6 nitrogen and oxygen atoms in total. The number of rotatable bonds is 5. The molecule has 1 aromatic heterocycles. The summed E-state index contributed by atoms with van der Waals surface area (Å²) in [4.78, 5) is 23.4. The third-order valence-electron chi connectivity index (χ3n) is 4.69. The van der Waals surface area contributed by atoms with E-state index in [2.05, 4.69) is 26.2 Å². The molecular weight excluding hydrogens is 290 g/mol. The molecule has 3 rings (SSSR count). The smallest absolute Gasteiger partial charge is 0.223 e. The van der Waals surface area contributed by atoms with Gasteiger partial charge >= 0.3 is 0 Å². The summed E-state index contributed by atoms with van der Waals surface area (Å²) in [7, 11) is 0. The summed E-state index contributed by atoms with van der Waals surface area (Å²) in [5.41, 5.74) is 1.13. The molecule has 2 aliphatic rings. The van der Waals surface area contributed by atoms with E-state index in [4.69, 9.17) is 0 Å². The molecule has 1 N–H and O–H groups in total. The van der Waals surface area contributed by atoms with Crippen molar-refractivity contribution >= 4 is 5.91 Å². The molecule has 1 aromatic rings. The van der Waals surface area contributed by atoms with Crippen LogP contribution in [0.1, 0.15) is 12.1 Å². The quantitative estimate of drug-likeness (QED) is 0.830. The van der Waals surface area contributed by atoms with E-state index in [1.165, 1.54) is 0 Å². The molecule has 3 heterocycles. The summed E-state index contributed by atoms with van der Waals surface area (Å²) >= 11 is 0. The molecule has 2 saturated heterocycles. The Hall–Kier alpha value is -1.50. The van der Waals surface area contributed by atoms with Crippen molar-refractivity contribution in [2.45, 2.75) is 13.0 Å². The Labute approximate surface area is 138 Å². The van der Waals surface area contributed by atoms with Gasteiger partial charge in [0.2, 0.25) is 5.91 Å². The lowest BCUT2D eigenvalue weighted by atomic mass is 10.2. The Kier molecular flexibility index (Phi) is 5.96. The number of amides is 1. The zero-order chi connectivity index (χ0) is 15.9. The third-order valence-corrected chi connectivity index (χ3v) is 4.69. The van der Waals surface area contributed by atoms with Crippen LogP contribution in [-0.4, -0.2) is 84.5 Å². The van der Waals surface area contributed by atoms with Crippen LogP contribution in [0.5, 0.6) is 0 Å². The Morgan fingerprint density at radius 2 is 1.78 bits per heavy atom. The van der Waals surface area contributed by atoms with Crippen LogP contribution in [0.4, 0.5) is 0 Å². The van der Waals surface area contributed by atoms with Crippen molar-refractivity contribution in [1.82, 2.24) is 25.0 Å². The first-order valence-corrected chi connectivity index (χ1v) is 8.64. The van der Waals surface area contributed by atoms with Gasteiger partial charge < -0.3 is 15.1 Å². The minimum atomic E-state index is 0.308. The van der Waals surface area contributed by atoms with Gasteiger partial charge in [-0.25, -0.2) is 0 Å². The van der Waals surface area contributed by atoms with E-state index in [0.29, 0.717) is 12.3 Å². The van der Waals surface area contributed by atoms with E-state index >= 15 is 0 Å². The average Bonchev–Trinajstić information content (AvgIpc) is 2.62. The molecule has 0 aliphatic carbocycles. The molecule has 0 radical (unpaired) electrons. The summed E-state index contributed by atoms with van der Waals surface area (Å²) in [6, 6.07) is 6.08. The van der Waals surface area contributed by atoms with Gasteiger partial charge in [0, 0.05) is 78.1 Å². The predicted octanol–water partition coefficient (Wildman–Crippen LogP) is 0.0211. The number of nitrogens with zero attached hydrogens (tertiary/aromatic N) is 4. The summed E-state index contributed by atoms with van der Waals surface area (Å²) < 4.78 is 0. The second kappa shape index (κ2) is 8.38. The minimum Gasteiger partial charge on any atom is -0.340 e. The van der Waals surface area contributed by atoms with Gasteiger partial charge in [0.15, 0.2) is 0 Å². The maximum absolute atomic E-state index is 12.2. The predicted molar refractivity (Wildman–Crippen MR) is 90.0 cm³/mol. The summed E-state index contributed by atoms with van der Waals surface area (Å²) in [6.07, 6.45) is 2.51. The summed E-state index contributed by atoms with van der Waals surface area (Å²) in [6.45, 7) is 9.58. The van der Waals surface area contributed by atoms with Crippen LogP contribution in [0.2, 0.25) is 0 Å². The van der Waals surface area contributed by atoms with Gasteiger partial charge in [-0.05, 0) is 12.1 Å². The maximum Gasteiger partial charge on any atom is 0.223 e. The van der Waals surface area contributed by atoms with E-state index in [0.717, 1.165) is 71.1 Å². The van der Waals surface area contributed by atoms with Crippen molar-refractivity contribution in [1.29, 1.82) is 0 Å². The first-order valence-electron chi connectivity index (χ1n) is 8.64. The van der Waals surface area contributed by atoms with Gasteiger partial charge in [0.1, 0.15) is 0 Å². The zero-order valence-corrected chi connectivity index (χ0v) is 13.8. The van der Waals surface area contributed by atoms with Gasteiger partial charge in [-0.1, -0.05) is 6.07 Å². The maximum atomic E-state index is 12.2. The van der Waals surface area contributed by atoms with Gasteiger partial charge in [-0.15, -0.1) is 0 Å². The van der Waals surface area contributed by atoms with E-state index in [1.807, 2.05) is 23.2 Å². The zero-order valence-electron chi connectivity index (χ0n) is 13.8. The first kappa shape index (κ1) is 16.4. The van der Waals surface area contributed by atoms with E-state index < -0.39 is 0 Å². The van der Waals surface area contributed by atoms with Crippen LogP contribution in [0.3, 0.4) is 0 Å². The SMILES string of the molecule is O=C(CCN1CCN(Cc2ccccn2)CC1)N1CCNCC1. The molecule has 0 unspecified atom stereocenters. The molecule has 2 fully saturated rings. The van der Waals surface area contributed by atoms with Crippen molar-refractivity contribution in [3.8, 4) is 0 Å². The number of hydrogen-bond acceptors (Lipinski definition) is 5. The van der Waals surface area contributed by atoms with Crippen molar-refractivity contribution in [2.24, 2.45) is 0 Å². The molecule has 6 heteroatoms. The highest BCUT2D eigenvalue weighted by Crippen LogP contribution is 2.08. The lowest BCUT2D eigenvalue weighted by molar-refractivity contribution is -0.132.